The Balaban J connectivity index is 1.92. The summed E-state index contributed by atoms with van der Waals surface area (Å²) in [5, 5.41) is 7.81. The molecule has 0 spiro atoms. The lowest BCUT2D eigenvalue weighted by Crippen LogP contribution is -2.17. The first kappa shape index (κ1) is 14.9. The van der Waals surface area contributed by atoms with Crippen LogP contribution >= 0.6 is 11.6 Å². The number of amides is 1. The number of halogens is 2. The molecule has 0 aliphatic carbocycles. The van der Waals surface area contributed by atoms with E-state index >= 15 is 0 Å². The summed E-state index contributed by atoms with van der Waals surface area (Å²) in [6.07, 6.45) is 3.15. The second kappa shape index (κ2) is 5.47. The van der Waals surface area contributed by atoms with Gasteiger partial charge in [0.25, 0.3) is 5.91 Å². The maximum absolute atomic E-state index is 14.0. The van der Waals surface area contributed by atoms with Gasteiger partial charge < -0.3 is 5.73 Å². The van der Waals surface area contributed by atoms with E-state index in [0.29, 0.717) is 16.8 Å². The second-order valence-electron chi connectivity index (χ2n) is 5.42. The molecule has 8 heteroatoms. The van der Waals surface area contributed by atoms with Crippen LogP contribution in [0.25, 0.3) is 16.9 Å². The Morgan fingerprint density at radius 3 is 2.96 bits per heavy atom. The van der Waals surface area contributed by atoms with Gasteiger partial charge in [0.15, 0.2) is 11.5 Å². The number of nitrogens with zero attached hydrogens (tertiary/aromatic N) is 4. The zero-order valence-electron chi connectivity index (χ0n) is 12.3. The van der Waals surface area contributed by atoms with Crippen molar-refractivity contribution in [1.29, 1.82) is 0 Å². The highest BCUT2D eigenvalue weighted by Gasteiger charge is 2.24. The maximum atomic E-state index is 14.0. The number of imidazole rings is 1. The highest BCUT2D eigenvalue weighted by Crippen LogP contribution is 2.32. The summed E-state index contributed by atoms with van der Waals surface area (Å²) in [6, 6.07) is 6.08. The van der Waals surface area contributed by atoms with Crippen molar-refractivity contribution in [2.75, 3.05) is 6.54 Å². The minimum atomic E-state index is -0.504. The van der Waals surface area contributed by atoms with Gasteiger partial charge in [0.2, 0.25) is 0 Å². The van der Waals surface area contributed by atoms with Crippen LogP contribution in [0.1, 0.15) is 22.0 Å². The number of benzene rings is 1. The summed E-state index contributed by atoms with van der Waals surface area (Å²) in [4.78, 5) is 16.0. The first-order valence-corrected chi connectivity index (χ1v) is 7.58. The van der Waals surface area contributed by atoms with Crippen LogP contribution in [0.15, 0.2) is 46.9 Å². The molecule has 1 amide bonds. The van der Waals surface area contributed by atoms with E-state index in [2.05, 4.69) is 15.2 Å². The van der Waals surface area contributed by atoms with E-state index in [1.807, 2.05) is 6.07 Å². The smallest absolute Gasteiger partial charge is 0.295 e. The maximum Gasteiger partial charge on any atom is 0.295 e. The van der Waals surface area contributed by atoms with E-state index in [1.54, 1.807) is 28.9 Å². The molecule has 0 saturated heterocycles. The van der Waals surface area contributed by atoms with Crippen LogP contribution in [0.2, 0.25) is 5.02 Å². The monoisotopic (exact) mass is 343 g/mol. The molecular formula is C16H11ClFN5O. The standard InChI is InChI=1S/C16H11ClFN5O/c17-9-4-12(18)15-20-6-14(23(15)7-9)8-1-2-10-11(3-8)13(5-19)21-22-16(10)24/h1-4,6-7,13H,5,19H2. The third kappa shape index (κ3) is 2.21. The molecule has 1 aliphatic rings. The molecule has 0 bridgehead atoms. The number of aromatic nitrogens is 2. The summed E-state index contributed by atoms with van der Waals surface area (Å²) in [7, 11) is 0. The van der Waals surface area contributed by atoms with E-state index in [1.165, 1.54) is 6.07 Å². The van der Waals surface area contributed by atoms with Gasteiger partial charge >= 0.3 is 0 Å². The molecule has 2 N–H and O–H groups in total. The minimum Gasteiger partial charge on any atom is -0.328 e. The minimum absolute atomic E-state index is 0.179. The predicted molar refractivity (Wildman–Crippen MR) is 86.6 cm³/mol. The van der Waals surface area contributed by atoms with Gasteiger partial charge in [0.05, 0.1) is 16.9 Å². The number of rotatable bonds is 2. The van der Waals surface area contributed by atoms with Crippen LogP contribution in [-0.2, 0) is 0 Å². The van der Waals surface area contributed by atoms with Crippen molar-refractivity contribution in [3.8, 4) is 11.3 Å². The molecular weight excluding hydrogens is 333 g/mol. The quantitative estimate of drug-likeness (QED) is 0.773. The predicted octanol–water partition coefficient (Wildman–Crippen LogP) is 3.40. The molecule has 2 aromatic heterocycles. The number of nitrogens with two attached hydrogens (primary N) is 1. The Hall–Kier alpha value is -2.64. The van der Waals surface area contributed by atoms with Crippen molar-refractivity contribution < 1.29 is 9.18 Å². The van der Waals surface area contributed by atoms with Gasteiger partial charge in [-0.1, -0.05) is 17.7 Å². The number of carbonyl (C=O) groups is 1. The molecule has 1 aromatic carbocycles. The number of carbonyl (C=O) groups excluding carboxylic acids is 1. The van der Waals surface area contributed by atoms with Gasteiger partial charge in [-0.15, -0.1) is 5.11 Å². The molecule has 4 rings (SSSR count). The van der Waals surface area contributed by atoms with E-state index in [9.17, 15) is 9.18 Å². The van der Waals surface area contributed by atoms with E-state index in [4.69, 9.17) is 17.3 Å². The average molecular weight is 344 g/mol. The van der Waals surface area contributed by atoms with Crippen LogP contribution < -0.4 is 5.73 Å². The van der Waals surface area contributed by atoms with Crippen LogP contribution in [0, 0.1) is 5.82 Å². The number of azo groups is 1. The largest absolute Gasteiger partial charge is 0.328 e. The van der Waals surface area contributed by atoms with Gasteiger partial charge in [0, 0.05) is 23.9 Å². The van der Waals surface area contributed by atoms with Gasteiger partial charge in [-0.25, -0.2) is 9.37 Å². The fraction of sp³-hybridized carbons (Fsp3) is 0.125. The second-order valence-corrected chi connectivity index (χ2v) is 5.85. The molecule has 24 heavy (non-hydrogen) atoms. The van der Waals surface area contributed by atoms with Gasteiger partial charge in [-0.05, 0) is 23.8 Å². The Bertz CT molecular complexity index is 1010. The first-order chi connectivity index (χ1) is 11.6. The van der Waals surface area contributed by atoms with Crippen molar-refractivity contribution in [3.05, 3.63) is 58.6 Å². The van der Waals surface area contributed by atoms with Gasteiger partial charge in [-0.3, -0.25) is 9.20 Å². The van der Waals surface area contributed by atoms with E-state index < -0.39 is 11.7 Å². The molecule has 120 valence electrons. The first-order valence-electron chi connectivity index (χ1n) is 7.20. The van der Waals surface area contributed by atoms with Gasteiger partial charge in [0.1, 0.15) is 6.04 Å². The fourth-order valence-electron chi connectivity index (χ4n) is 2.83. The summed E-state index contributed by atoms with van der Waals surface area (Å²) in [5.41, 5.74) is 8.48. The lowest BCUT2D eigenvalue weighted by molar-refractivity contribution is 0.0985. The van der Waals surface area contributed by atoms with Crippen molar-refractivity contribution in [1.82, 2.24) is 9.38 Å². The Labute approximate surface area is 140 Å². The highest BCUT2D eigenvalue weighted by molar-refractivity contribution is 6.30. The molecule has 1 unspecified atom stereocenters. The Kier molecular flexibility index (Phi) is 3.40. The lowest BCUT2D eigenvalue weighted by Gasteiger charge is -2.17. The van der Waals surface area contributed by atoms with Gasteiger partial charge in [-0.2, -0.15) is 5.11 Å². The number of hydrogen-bond acceptors (Lipinski definition) is 4. The van der Waals surface area contributed by atoms with Crippen molar-refractivity contribution >= 4 is 23.2 Å². The SMILES string of the molecule is NCC1N=NC(=O)c2ccc(-c3cnc4c(F)cc(Cl)cn34)cc21. The van der Waals surface area contributed by atoms with Crippen molar-refractivity contribution in [2.45, 2.75) is 6.04 Å². The average Bonchev–Trinajstić information content (AvgIpc) is 2.99. The number of hydrogen-bond donors (Lipinski definition) is 1. The molecule has 3 aromatic rings. The Morgan fingerprint density at radius 1 is 1.33 bits per heavy atom. The fourth-order valence-corrected chi connectivity index (χ4v) is 3.03. The van der Waals surface area contributed by atoms with E-state index in [0.717, 1.165) is 5.56 Å². The third-order valence-electron chi connectivity index (χ3n) is 3.98. The zero-order valence-corrected chi connectivity index (χ0v) is 13.0. The summed E-state index contributed by atoms with van der Waals surface area (Å²) >= 11 is 5.94. The Morgan fingerprint density at radius 2 is 2.17 bits per heavy atom. The number of fused-ring (bicyclic) bond motifs is 2. The van der Waals surface area contributed by atoms with E-state index in [-0.39, 0.29) is 23.3 Å². The van der Waals surface area contributed by atoms with Crippen LogP contribution in [0.4, 0.5) is 4.39 Å². The normalized spacial score (nSPS) is 16.6. The molecule has 0 saturated carbocycles. The number of pyridine rings is 1. The highest BCUT2D eigenvalue weighted by atomic mass is 35.5. The van der Waals surface area contributed by atoms with Crippen LogP contribution in [-0.4, -0.2) is 21.8 Å². The van der Waals surface area contributed by atoms with Crippen molar-refractivity contribution in [2.24, 2.45) is 16.0 Å². The molecule has 3 heterocycles. The molecule has 1 aliphatic heterocycles. The summed E-state index contributed by atoms with van der Waals surface area (Å²) in [6.45, 7) is 0.237. The third-order valence-corrected chi connectivity index (χ3v) is 4.18. The molecule has 1 atom stereocenters. The molecule has 0 radical (unpaired) electrons. The molecule has 6 nitrogen and oxygen atoms in total. The van der Waals surface area contributed by atoms with Crippen LogP contribution in [0.5, 0.6) is 0 Å². The summed E-state index contributed by atoms with van der Waals surface area (Å²) in [5.74, 6) is -0.899. The van der Waals surface area contributed by atoms with Crippen LogP contribution in [0.3, 0.4) is 0 Å². The van der Waals surface area contributed by atoms with Crippen molar-refractivity contribution in [3.63, 3.8) is 0 Å². The topological polar surface area (TPSA) is 85.1 Å². The lowest BCUT2D eigenvalue weighted by atomic mass is 9.95. The summed E-state index contributed by atoms with van der Waals surface area (Å²) < 4.78 is 15.5. The molecule has 0 fully saturated rings. The zero-order chi connectivity index (χ0) is 16.8.